The molecule has 2 heterocycles. The fraction of sp³-hybridized carbons (Fsp3) is 0.100. The maximum Gasteiger partial charge on any atom is 0.416 e. The summed E-state index contributed by atoms with van der Waals surface area (Å²) in [6.07, 6.45) is -0.964. The Kier molecular flexibility index (Phi) is 5.81. The van der Waals surface area contributed by atoms with Crippen LogP contribution in [0.3, 0.4) is 0 Å². The number of aliphatic hydroxyl groups excluding tert-OH is 1. The maximum absolute atomic E-state index is 13.0. The first-order valence-corrected chi connectivity index (χ1v) is 9.48. The number of thiophene rings is 1. The van der Waals surface area contributed by atoms with Crippen LogP contribution in [0.5, 0.6) is 0 Å². The quantitative estimate of drug-likeness (QED) is 0.246. The van der Waals surface area contributed by atoms with Crippen molar-refractivity contribution in [3.63, 3.8) is 0 Å². The number of aliphatic hydroxyl groups is 1. The SMILES string of the molecule is Cc1ccc[n+](C(C(=S)Nc2cccc(C(F)(F)F)c2)=C(O)c2cccs2)c1. The lowest BCUT2D eigenvalue weighted by molar-refractivity contribution is -0.576. The molecular formula is C20H16F3N2OS2+. The summed E-state index contributed by atoms with van der Waals surface area (Å²) in [5.41, 5.74) is 0.612. The smallest absolute Gasteiger partial charge is 0.416 e. The van der Waals surface area contributed by atoms with Crippen molar-refractivity contribution in [2.75, 3.05) is 5.32 Å². The molecule has 0 aliphatic rings. The van der Waals surface area contributed by atoms with Gasteiger partial charge in [-0.25, -0.2) is 0 Å². The monoisotopic (exact) mass is 421 g/mol. The van der Waals surface area contributed by atoms with Crippen LogP contribution in [0.2, 0.25) is 0 Å². The number of hydrogen-bond donors (Lipinski definition) is 2. The second-order valence-electron chi connectivity index (χ2n) is 6.00. The summed E-state index contributed by atoms with van der Waals surface area (Å²) >= 11 is 6.77. The standard InChI is InChI=1S/C20H15F3N2OS2/c1-13-5-3-9-25(12-13)17(18(26)16-8-4-10-28-16)19(27)24-15-7-2-6-14(11-15)20(21,22)23/h2-12H,1H3,(H-,24,26,27)/p+1. The van der Waals surface area contributed by atoms with Crippen LogP contribution >= 0.6 is 23.6 Å². The van der Waals surface area contributed by atoms with Crippen molar-refractivity contribution < 1.29 is 22.8 Å². The Morgan fingerprint density at radius 3 is 2.57 bits per heavy atom. The summed E-state index contributed by atoms with van der Waals surface area (Å²) in [7, 11) is 0. The number of anilines is 1. The van der Waals surface area contributed by atoms with Crippen LogP contribution in [0.15, 0.2) is 66.3 Å². The van der Waals surface area contributed by atoms with E-state index in [2.05, 4.69) is 5.32 Å². The Labute approximate surface area is 169 Å². The molecule has 0 saturated heterocycles. The van der Waals surface area contributed by atoms with Gasteiger partial charge in [-0.15, -0.1) is 11.3 Å². The Hall–Kier alpha value is -2.71. The maximum atomic E-state index is 13.0. The lowest BCUT2D eigenvalue weighted by Gasteiger charge is -2.12. The minimum Gasteiger partial charge on any atom is -0.501 e. The van der Waals surface area contributed by atoms with Gasteiger partial charge in [-0.05, 0) is 42.6 Å². The molecule has 0 atom stereocenters. The number of thiocarbonyl (C=S) groups is 1. The van der Waals surface area contributed by atoms with E-state index in [0.717, 1.165) is 17.7 Å². The van der Waals surface area contributed by atoms with Crippen LogP contribution in [0.4, 0.5) is 18.9 Å². The van der Waals surface area contributed by atoms with Gasteiger partial charge in [-0.1, -0.05) is 24.4 Å². The number of hydrogen-bond acceptors (Lipinski definition) is 3. The Bertz CT molecular complexity index is 1030. The van der Waals surface area contributed by atoms with Gasteiger partial charge in [0.1, 0.15) is 0 Å². The van der Waals surface area contributed by atoms with Gasteiger partial charge in [-0.2, -0.15) is 17.7 Å². The van der Waals surface area contributed by atoms with Gasteiger partial charge >= 0.3 is 6.18 Å². The topological polar surface area (TPSA) is 36.1 Å². The molecule has 3 rings (SSSR count). The average Bonchev–Trinajstić information content (AvgIpc) is 3.16. The molecule has 8 heteroatoms. The van der Waals surface area contributed by atoms with Gasteiger partial charge in [0.25, 0.3) is 5.70 Å². The average molecular weight is 421 g/mol. The zero-order valence-electron chi connectivity index (χ0n) is 14.7. The van der Waals surface area contributed by atoms with Crippen LogP contribution in [0.1, 0.15) is 16.0 Å². The molecule has 0 radical (unpaired) electrons. The molecule has 28 heavy (non-hydrogen) atoms. The number of nitrogens with zero attached hydrogens (tertiary/aromatic N) is 1. The molecule has 0 aliphatic carbocycles. The van der Waals surface area contributed by atoms with E-state index in [1.165, 1.54) is 23.5 Å². The zero-order valence-corrected chi connectivity index (χ0v) is 16.3. The Balaban J connectivity index is 2.02. The van der Waals surface area contributed by atoms with Crippen molar-refractivity contribution in [2.45, 2.75) is 13.1 Å². The van der Waals surface area contributed by atoms with E-state index in [9.17, 15) is 18.3 Å². The predicted octanol–water partition coefficient (Wildman–Crippen LogP) is 5.69. The molecular weight excluding hydrogens is 405 g/mol. The molecule has 3 nitrogen and oxygen atoms in total. The largest absolute Gasteiger partial charge is 0.501 e. The van der Waals surface area contributed by atoms with Crippen LogP contribution in [0.25, 0.3) is 11.5 Å². The molecule has 0 aliphatic heterocycles. The fourth-order valence-electron chi connectivity index (χ4n) is 2.57. The third-order valence-electron chi connectivity index (χ3n) is 3.85. The third-order valence-corrected chi connectivity index (χ3v) is 5.02. The first kappa shape index (κ1) is 20.0. The normalized spacial score (nSPS) is 12.4. The van der Waals surface area contributed by atoms with Crippen molar-refractivity contribution >= 4 is 45.7 Å². The molecule has 0 bridgehead atoms. The highest BCUT2D eigenvalue weighted by atomic mass is 32.1. The highest BCUT2D eigenvalue weighted by Crippen LogP contribution is 2.31. The van der Waals surface area contributed by atoms with Crippen molar-refractivity contribution in [3.8, 4) is 0 Å². The van der Waals surface area contributed by atoms with E-state index in [4.69, 9.17) is 12.2 Å². The zero-order chi connectivity index (χ0) is 20.3. The van der Waals surface area contributed by atoms with Crippen LogP contribution in [-0.2, 0) is 6.18 Å². The van der Waals surface area contributed by atoms with E-state index < -0.39 is 11.7 Å². The number of aromatic nitrogens is 1. The minimum atomic E-state index is -4.46. The van der Waals surface area contributed by atoms with Crippen molar-refractivity contribution in [2.24, 2.45) is 0 Å². The second-order valence-corrected chi connectivity index (χ2v) is 7.35. The van der Waals surface area contributed by atoms with Gasteiger partial charge in [0.05, 0.1) is 10.4 Å². The summed E-state index contributed by atoms with van der Waals surface area (Å²) in [6, 6.07) is 12.0. The van der Waals surface area contributed by atoms with Crippen molar-refractivity contribution in [1.82, 2.24) is 0 Å². The first-order chi connectivity index (χ1) is 13.3. The molecule has 2 N–H and O–H groups in total. The van der Waals surface area contributed by atoms with E-state index in [-0.39, 0.29) is 22.1 Å². The molecule has 0 amide bonds. The molecule has 0 saturated carbocycles. The summed E-state index contributed by atoms with van der Waals surface area (Å²) in [6.45, 7) is 1.89. The third kappa shape index (κ3) is 4.58. The van der Waals surface area contributed by atoms with Crippen molar-refractivity contribution in [3.05, 3.63) is 82.3 Å². The van der Waals surface area contributed by atoms with E-state index in [0.29, 0.717) is 4.88 Å². The van der Waals surface area contributed by atoms with E-state index >= 15 is 0 Å². The van der Waals surface area contributed by atoms with Gasteiger partial charge in [0.15, 0.2) is 17.4 Å². The van der Waals surface area contributed by atoms with Gasteiger partial charge < -0.3 is 10.4 Å². The van der Waals surface area contributed by atoms with Crippen LogP contribution in [0, 0.1) is 6.92 Å². The first-order valence-electron chi connectivity index (χ1n) is 8.20. The lowest BCUT2D eigenvalue weighted by atomic mass is 10.2. The molecule has 0 spiro atoms. The minimum absolute atomic E-state index is 0.0601. The fourth-order valence-corrected chi connectivity index (χ4v) is 3.56. The van der Waals surface area contributed by atoms with E-state index in [1.54, 1.807) is 35.2 Å². The summed E-state index contributed by atoms with van der Waals surface area (Å²) in [5.74, 6) is -0.0601. The molecule has 3 aromatic rings. The molecule has 0 fully saturated rings. The molecule has 0 unspecified atom stereocenters. The molecule has 144 valence electrons. The number of halogens is 3. The van der Waals surface area contributed by atoms with Gasteiger partial charge in [0.2, 0.25) is 5.76 Å². The van der Waals surface area contributed by atoms with Crippen LogP contribution in [-0.4, -0.2) is 10.1 Å². The number of benzene rings is 1. The summed E-state index contributed by atoms with van der Waals surface area (Å²) in [4.78, 5) is 0.693. The summed E-state index contributed by atoms with van der Waals surface area (Å²) in [5, 5.41) is 15.4. The number of rotatable bonds is 4. The highest BCUT2D eigenvalue weighted by Gasteiger charge is 2.31. The number of aryl methyl sites for hydroxylation is 1. The molecule has 2 aromatic heterocycles. The van der Waals surface area contributed by atoms with Gasteiger partial charge in [0, 0.05) is 17.3 Å². The summed E-state index contributed by atoms with van der Waals surface area (Å²) < 4.78 is 40.6. The van der Waals surface area contributed by atoms with E-state index in [1.807, 2.05) is 18.4 Å². The highest BCUT2D eigenvalue weighted by molar-refractivity contribution is 7.81. The van der Waals surface area contributed by atoms with Gasteiger partial charge in [-0.3, -0.25) is 0 Å². The number of alkyl halides is 3. The van der Waals surface area contributed by atoms with Crippen molar-refractivity contribution in [1.29, 1.82) is 0 Å². The van der Waals surface area contributed by atoms with Crippen LogP contribution < -0.4 is 9.88 Å². The number of pyridine rings is 1. The Morgan fingerprint density at radius 1 is 1.14 bits per heavy atom. The predicted molar refractivity (Wildman–Crippen MR) is 109 cm³/mol. The lowest BCUT2D eigenvalue weighted by Crippen LogP contribution is -2.38. The molecule has 1 aromatic carbocycles. The number of nitrogens with one attached hydrogen (secondary N) is 1. The Morgan fingerprint density at radius 2 is 1.93 bits per heavy atom. The second kappa shape index (κ2) is 8.12.